The van der Waals surface area contributed by atoms with Crippen LogP contribution in [0.1, 0.15) is 48.7 Å². The fraction of sp³-hybridized carbons (Fsp3) is 0.524. The van der Waals surface area contributed by atoms with Crippen molar-refractivity contribution in [3.63, 3.8) is 0 Å². The predicted octanol–water partition coefficient (Wildman–Crippen LogP) is 4.85. The Kier molecular flexibility index (Phi) is 8.31. The molecule has 1 aromatic heterocycles. The zero-order valence-electron chi connectivity index (χ0n) is 16.4. The van der Waals surface area contributed by atoms with Crippen molar-refractivity contribution < 1.29 is 4.79 Å². The lowest BCUT2D eigenvalue weighted by molar-refractivity contribution is 0.0753. The second-order valence-electron chi connectivity index (χ2n) is 7.86. The van der Waals surface area contributed by atoms with Gasteiger partial charge in [-0.15, -0.1) is 36.2 Å². The number of rotatable bonds is 3. The molecule has 28 heavy (non-hydrogen) atoms. The van der Waals surface area contributed by atoms with Crippen LogP contribution in [0.15, 0.2) is 29.6 Å². The molecule has 0 radical (unpaired) electrons. The lowest BCUT2D eigenvalue weighted by atomic mass is 9.92. The molecule has 1 N–H and O–H groups in total. The van der Waals surface area contributed by atoms with Gasteiger partial charge in [-0.3, -0.25) is 4.79 Å². The fourth-order valence-electron chi connectivity index (χ4n) is 4.10. The summed E-state index contributed by atoms with van der Waals surface area (Å²) >= 11 is 1.56. The maximum Gasteiger partial charge on any atom is 0.273 e. The molecule has 0 bridgehead atoms. The molecule has 0 unspecified atom stereocenters. The van der Waals surface area contributed by atoms with E-state index < -0.39 is 0 Å². The predicted molar refractivity (Wildman–Crippen MR) is 121 cm³/mol. The van der Waals surface area contributed by atoms with Gasteiger partial charge in [0.05, 0.1) is 0 Å². The average molecular weight is 442 g/mol. The third-order valence-electron chi connectivity index (χ3n) is 5.85. The lowest BCUT2D eigenvalue weighted by Gasteiger charge is -2.19. The van der Waals surface area contributed by atoms with Crippen LogP contribution in [0.3, 0.4) is 0 Å². The highest BCUT2D eigenvalue weighted by Crippen LogP contribution is 2.29. The Morgan fingerprint density at radius 3 is 2.29 bits per heavy atom. The molecular weight excluding hydrogens is 413 g/mol. The third kappa shape index (κ3) is 4.88. The molecule has 1 amide bonds. The van der Waals surface area contributed by atoms with Crippen LogP contribution in [0.5, 0.6) is 0 Å². The first kappa shape index (κ1) is 23.1. The molecular formula is C21H29Cl2N3OS. The van der Waals surface area contributed by atoms with Crippen molar-refractivity contribution in [3.8, 4) is 10.6 Å². The van der Waals surface area contributed by atoms with E-state index in [-0.39, 0.29) is 30.7 Å². The maximum absolute atomic E-state index is 12.9. The lowest BCUT2D eigenvalue weighted by Crippen LogP contribution is -2.33. The minimum atomic E-state index is 0. The van der Waals surface area contributed by atoms with E-state index in [0.29, 0.717) is 11.6 Å². The zero-order chi connectivity index (χ0) is 18.1. The molecule has 4 nitrogen and oxygen atoms in total. The van der Waals surface area contributed by atoms with E-state index >= 15 is 0 Å². The zero-order valence-corrected chi connectivity index (χ0v) is 18.8. The molecule has 3 heterocycles. The standard InChI is InChI=1S/C21H27N3OS.2ClH/c1-14(2)15-3-5-16(6-4-15)20-23-19(13-26-20)21(25)24-9-7-17-11-22-12-18(17)8-10-24;;/h3-6,13-14,17-18,22H,7-12H2,1-2H3;2*1H/t17-,18+;;. The second kappa shape index (κ2) is 10.1. The molecule has 0 spiro atoms. The first-order valence-corrected chi connectivity index (χ1v) is 10.6. The minimum absolute atomic E-state index is 0. The molecule has 4 rings (SSSR count). The Morgan fingerprint density at radius 2 is 1.71 bits per heavy atom. The van der Waals surface area contributed by atoms with E-state index in [4.69, 9.17) is 0 Å². The average Bonchev–Trinajstić information content (AvgIpc) is 3.27. The first-order chi connectivity index (χ1) is 12.6. The number of hydrogen-bond donors (Lipinski definition) is 1. The Hall–Kier alpha value is -1.14. The van der Waals surface area contributed by atoms with Gasteiger partial charge in [-0.25, -0.2) is 4.98 Å². The van der Waals surface area contributed by atoms with Crippen LogP contribution in [-0.4, -0.2) is 42.0 Å². The summed E-state index contributed by atoms with van der Waals surface area (Å²) in [7, 11) is 0. The Labute approximate surface area is 183 Å². The van der Waals surface area contributed by atoms with Gasteiger partial charge >= 0.3 is 0 Å². The van der Waals surface area contributed by atoms with Crippen LogP contribution >= 0.6 is 36.2 Å². The van der Waals surface area contributed by atoms with Crippen LogP contribution in [0, 0.1) is 11.8 Å². The monoisotopic (exact) mass is 441 g/mol. The van der Waals surface area contributed by atoms with Crippen molar-refractivity contribution in [2.24, 2.45) is 11.8 Å². The number of carbonyl (C=O) groups excluding carboxylic acids is 1. The largest absolute Gasteiger partial charge is 0.337 e. The van der Waals surface area contributed by atoms with Gasteiger partial charge in [0.1, 0.15) is 10.7 Å². The van der Waals surface area contributed by atoms with E-state index in [1.165, 1.54) is 5.56 Å². The van der Waals surface area contributed by atoms with E-state index in [1.54, 1.807) is 11.3 Å². The number of benzene rings is 1. The van der Waals surface area contributed by atoms with Crippen molar-refractivity contribution in [2.45, 2.75) is 32.6 Å². The number of carbonyl (C=O) groups is 1. The number of nitrogens with one attached hydrogen (secondary N) is 1. The van der Waals surface area contributed by atoms with Gasteiger partial charge in [-0.05, 0) is 49.2 Å². The van der Waals surface area contributed by atoms with Gasteiger partial charge in [0.25, 0.3) is 5.91 Å². The van der Waals surface area contributed by atoms with Gasteiger partial charge in [-0.2, -0.15) is 0 Å². The number of halogens is 2. The normalized spacial score (nSPS) is 21.5. The van der Waals surface area contributed by atoms with Crippen LogP contribution in [0.4, 0.5) is 0 Å². The summed E-state index contributed by atoms with van der Waals surface area (Å²) in [5.41, 5.74) is 3.02. The highest BCUT2D eigenvalue weighted by molar-refractivity contribution is 7.13. The molecule has 2 atom stereocenters. The number of thiazole rings is 1. The van der Waals surface area contributed by atoms with Gasteiger partial charge in [0.2, 0.25) is 0 Å². The van der Waals surface area contributed by atoms with Crippen LogP contribution in [0.2, 0.25) is 0 Å². The Bertz CT molecular complexity index is 764. The molecule has 2 aromatic rings. The van der Waals surface area contributed by atoms with E-state index in [1.807, 2.05) is 10.3 Å². The van der Waals surface area contributed by atoms with Gasteiger partial charge in [0.15, 0.2) is 0 Å². The van der Waals surface area contributed by atoms with Crippen molar-refractivity contribution in [2.75, 3.05) is 26.2 Å². The van der Waals surface area contributed by atoms with Crippen LogP contribution in [0.25, 0.3) is 10.6 Å². The molecule has 0 aliphatic carbocycles. The summed E-state index contributed by atoms with van der Waals surface area (Å²) in [6.07, 6.45) is 2.22. The summed E-state index contributed by atoms with van der Waals surface area (Å²) in [5.74, 6) is 2.09. The number of likely N-dealkylation sites (tertiary alicyclic amines) is 1. The van der Waals surface area contributed by atoms with Crippen molar-refractivity contribution in [1.82, 2.24) is 15.2 Å². The molecule has 2 saturated heterocycles. The van der Waals surface area contributed by atoms with Crippen molar-refractivity contribution >= 4 is 42.1 Å². The first-order valence-electron chi connectivity index (χ1n) is 9.67. The molecule has 0 saturated carbocycles. The maximum atomic E-state index is 12.9. The summed E-state index contributed by atoms with van der Waals surface area (Å²) < 4.78 is 0. The molecule has 7 heteroatoms. The highest BCUT2D eigenvalue weighted by Gasteiger charge is 2.32. The van der Waals surface area contributed by atoms with Crippen LogP contribution < -0.4 is 5.32 Å². The van der Waals surface area contributed by atoms with Crippen LogP contribution in [-0.2, 0) is 0 Å². The second-order valence-corrected chi connectivity index (χ2v) is 8.72. The molecule has 154 valence electrons. The van der Waals surface area contributed by atoms with Gasteiger partial charge in [0, 0.05) is 24.0 Å². The molecule has 2 aliphatic rings. The van der Waals surface area contributed by atoms with Crippen molar-refractivity contribution in [1.29, 1.82) is 0 Å². The third-order valence-corrected chi connectivity index (χ3v) is 6.75. The number of hydrogen-bond acceptors (Lipinski definition) is 4. The topological polar surface area (TPSA) is 45.2 Å². The number of fused-ring (bicyclic) bond motifs is 1. The Morgan fingerprint density at radius 1 is 1.11 bits per heavy atom. The minimum Gasteiger partial charge on any atom is -0.337 e. The summed E-state index contributed by atoms with van der Waals surface area (Å²) in [4.78, 5) is 19.6. The number of nitrogens with zero attached hydrogens (tertiary/aromatic N) is 2. The van der Waals surface area contributed by atoms with E-state index in [0.717, 1.165) is 61.4 Å². The van der Waals surface area contributed by atoms with Gasteiger partial charge in [-0.1, -0.05) is 38.1 Å². The SMILES string of the molecule is CC(C)c1ccc(-c2nc(C(=O)N3CC[C@@H]4CNC[C@@H]4CC3)cs2)cc1.Cl.Cl. The quantitative estimate of drug-likeness (QED) is 0.739. The van der Waals surface area contributed by atoms with Gasteiger partial charge < -0.3 is 10.2 Å². The van der Waals surface area contributed by atoms with Crippen molar-refractivity contribution in [3.05, 3.63) is 40.9 Å². The Balaban J connectivity index is 0.00000140. The van der Waals surface area contributed by atoms with E-state index in [2.05, 4.69) is 48.4 Å². The molecule has 1 aromatic carbocycles. The van der Waals surface area contributed by atoms with E-state index in [9.17, 15) is 4.79 Å². The smallest absolute Gasteiger partial charge is 0.273 e. The molecule has 2 aliphatic heterocycles. The molecule has 2 fully saturated rings. The summed E-state index contributed by atoms with van der Waals surface area (Å²) in [6, 6.07) is 8.54. The summed E-state index contributed by atoms with van der Waals surface area (Å²) in [5, 5.41) is 6.33. The number of amides is 1. The summed E-state index contributed by atoms with van der Waals surface area (Å²) in [6.45, 7) is 8.33. The number of aromatic nitrogens is 1. The fourth-order valence-corrected chi connectivity index (χ4v) is 4.90. The highest BCUT2D eigenvalue weighted by atomic mass is 35.5.